The predicted molar refractivity (Wildman–Crippen MR) is 120 cm³/mol. The number of amides is 1. The molecule has 1 amide bonds. The van der Waals surface area contributed by atoms with Crippen molar-refractivity contribution in [3.63, 3.8) is 0 Å². The van der Waals surface area contributed by atoms with Crippen LogP contribution in [0.1, 0.15) is 54.7 Å². The van der Waals surface area contributed by atoms with Crippen molar-refractivity contribution in [2.45, 2.75) is 50.9 Å². The SMILES string of the molecule is O=C(O)Cc1ccc(CC(=O)N2CCOCC2)c(-c2ccccc2)c1C1CCCCC1. The summed E-state index contributed by atoms with van der Waals surface area (Å²) in [4.78, 5) is 26.6. The van der Waals surface area contributed by atoms with Crippen LogP contribution in [0.4, 0.5) is 0 Å². The van der Waals surface area contributed by atoms with E-state index in [1.807, 2.05) is 35.2 Å². The first-order valence-electron chi connectivity index (χ1n) is 11.4. The largest absolute Gasteiger partial charge is 0.481 e. The smallest absolute Gasteiger partial charge is 0.307 e. The number of morpholine rings is 1. The van der Waals surface area contributed by atoms with Gasteiger partial charge in [-0.3, -0.25) is 9.59 Å². The number of carboxylic acids is 1. The van der Waals surface area contributed by atoms with Crippen LogP contribution in [0.15, 0.2) is 42.5 Å². The van der Waals surface area contributed by atoms with Gasteiger partial charge in [-0.15, -0.1) is 0 Å². The van der Waals surface area contributed by atoms with Crippen LogP contribution in [-0.4, -0.2) is 48.2 Å². The molecule has 5 nitrogen and oxygen atoms in total. The molecule has 1 aliphatic carbocycles. The summed E-state index contributed by atoms with van der Waals surface area (Å²) >= 11 is 0. The summed E-state index contributed by atoms with van der Waals surface area (Å²) in [7, 11) is 0. The van der Waals surface area contributed by atoms with Crippen molar-refractivity contribution in [1.29, 1.82) is 0 Å². The van der Waals surface area contributed by atoms with Crippen molar-refractivity contribution < 1.29 is 19.4 Å². The van der Waals surface area contributed by atoms with Gasteiger partial charge in [0.15, 0.2) is 0 Å². The molecule has 2 fully saturated rings. The summed E-state index contributed by atoms with van der Waals surface area (Å²) in [6.45, 7) is 2.43. The van der Waals surface area contributed by atoms with Crippen LogP contribution in [0.25, 0.3) is 11.1 Å². The molecule has 0 atom stereocenters. The van der Waals surface area contributed by atoms with Crippen molar-refractivity contribution >= 4 is 11.9 Å². The summed E-state index contributed by atoms with van der Waals surface area (Å²) in [5.41, 5.74) is 5.19. The highest BCUT2D eigenvalue weighted by molar-refractivity contribution is 5.84. The van der Waals surface area contributed by atoms with E-state index in [0.29, 0.717) is 38.6 Å². The topological polar surface area (TPSA) is 66.8 Å². The highest BCUT2D eigenvalue weighted by Crippen LogP contribution is 2.42. The standard InChI is InChI=1S/C26H31NO4/c28-23(27-13-15-31-16-14-27)17-21-11-12-22(18-24(29)30)26(20-9-5-2-6-10-20)25(21)19-7-3-1-4-8-19/h1,3-4,7-8,11-12,20H,2,5-6,9-10,13-18H2,(H,29,30). The molecule has 164 valence electrons. The molecule has 2 aromatic carbocycles. The number of hydrogen-bond acceptors (Lipinski definition) is 3. The van der Waals surface area contributed by atoms with Crippen molar-refractivity contribution in [2.75, 3.05) is 26.3 Å². The van der Waals surface area contributed by atoms with Gasteiger partial charge in [-0.1, -0.05) is 61.7 Å². The Hall–Kier alpha value is -2.66. The number of hydrogen-bond donors (Lipinski definition) is 1. The van der Waals surface area contributed by atoms with Crippen LogP contribution in [0.3, 0.4) is 0 Å². The highest BCUT2D eigenvalue weighted by Gasteiger charge is 2.27. The molecule has 2 aliphatic rings. The van der Waals surface area contributed by atoms with Gasteiger partial charge in [0.1, 0.15) is 0 Å². The zero-order valence-corrected chi connectivity index (χ0v) is 18.0. The molecular formula is C26H31NO4. The Balaban J connectivity index is 1.80. The van der Waals surface area contributed by atoms with E-state index in [1.165, 1.54) is 19.3 Å². The van der Waals surface area contributed by atoms with Gasteiger partial charge in [0.25, 0.3) is 0 Å². The second-order valence-electron chi connectivity index (χ2n) is 8.61. The van der Waals surface area contributed by atoms with Gasteiger partial charge in [-0.2, -0.15) is 0 Å². The molecule has 0 unspecified atom stereocenters. The molecule has 1 heterocycles. The molecule has 2 aromatic rings. The predicted octanol–water partition coefficient (Wildman–Crippen LogP) is 4.43. The maximum Gasteiger partial charge on any atom is 0.307 e. The van der Waals surface area contributed by atoms with Crippen LogP contribution in [0, 0.1) is 0 Å². The van der Waals surface area contributed by atoms with Gasteiger partial charge in [-0.05, 0) is 46.6 Å². The third kappa shape index (κ3) is 5.16. The number of aliphatic carboxylic acids is 1. The first kappa shape index (κ1) is 21.6. The molecule has 4 rings (SSSR count). The molecule has 1 saturated heterocycles. The van der Waals surface area contributed by atoms with E-state index in [4.69, 9.17) is 4.74 Å². The Kier molecular flexibility index (Phi) is 7.03. The molecule has 0 bridgehead atoms. The minimum Gasteiger partial charge on any atom is -0.481 e. The van der Waals surface area contributed by atoms with E-state index < -0.39 is 5.97 Å². The zero-order valence-electron chi connectivity index (χ0n) is 18.0. The number of ether oxygens (including phenoxy) is 1. The number of carboxylic acid groups (broad SMARTS) is 1. The van der Waals surface area contributed by atoms with Crippen LogP contribution < -0.4 is 0 Å². The fraction of sp³-hybridized carbons (Fsp3) is 0.462. The van der Waals surface area contributed by atoms with Crippen LogP contribution >= 0.6 is 0 Å². The summed E-state index contributed by atoms with van der Waals surface area (Å²) in [5, 5.41) is 9.56. The zero-order chi connectivity index (χ0) is 21.6. The molecule has 0 spiro atoms. The quantitative estimate of drug-likeness (QED) is 0.749. The molecule has 1 saturated carbocycles. The Morgan fingerprint density at radius 2 is 1.58 bits per heavy atom. The lowest BCUT2D eigenvalue weighted by atomic mass is 9.76. The summed E-state index contributed by atoms with van der Waals surface area (Å²) in [6, 6.07) is 14.1. The van der Waals surface area contributed by atoms with E-state index in [-0.39, 0.29) is 12.3 Å². The average molecular weight is 422 g/mol. The second kappa shape index (κ2) is 10.1. The van der Waals surface area contributed by atoms with E-state index in [1.54, 1.807) is 0 Å². The monoisotopic (exact) mass is 421 g/mol. The lowest BCUT2D eigenvalue weighted by Crippen LogP contribution is -2.41. The molecular weight excluding hydrogens is 390 g/mol. The third-order valence-corrected chi connectivity index (χ3v) is 6.55. The highest BCUT2D eigenvalue weighted by atomic mass is 16.5. The van der Waals surface area contributed by atoms with Crippen molar-refractivity contribution in [3.05, 3.63) is 59.2 Å². The lowest BCUT2D eigenvalue weighted by molar-refractivity contribution is -0.136. The van der Waals surface area contributed by atoms with Crippen molar-refractivity contribution in [1.82, 2.24) is 4.90 Å². The summed E-state index contributed by atoms with van der Waals surface area (Å²) in [5.74, 6) is -0.356. The molecule has 0 radical (unpaired) electrons. The number of rotatable bonds is 6. The second-order valence-corrected chi connectivity index (χ2v) is 8.61. The van der Waals surface area contributed by atoms with Crippen LogP contribution in [-0.2, 0) is 27.2 Å². The molecule has 1 aliphatic heterocycles. The van der Waals surface area contributed by atoms with E-state index in [0.717, 1.165) is 40.7 Å². The third-order valence-electron chi connectivity index (χ3n) is 6.55. The minimum absolute atomic E-state index is 0.0172. The maximum atomic E-state index is 13.1. The number of nitrogens with zero attached hydrogens (tertiary/aromatic N) is 1. The van der Waals surface area contributed by atoms with E-state index in [9.17, 15) is 14.7 Å². The fourth-order valence-electron chi connectivity index (χ4n) is 5.06. The first-order chi connectivity index (χ1) is 15.1. The molecule has 31 heavy (non-hydrogen) atoms. The summed E-state index contributed by atoms with van der Waals surface area (Å²) < 4.78 is 5.39. The van der Waals surface area contributed by atoms with Crippen LogP contribution in [0.5, 0.6) is 0 Å². The lowest BCUT2D eigenvalue weighted by Gasteiger charge is -2.30. The van der Waals surface area contributed by atoms with Crippen molar-refractivity contribution in [2.24, 2.45) is 0 Å². The van der Waals surface area contributed by atoms with Gasteiger partial charge in [0, 0.05) is 13.1 Å². The van der Waals surface area contributed by atoms with E-state index >= 15 is 0 Å². The van der Waals surface area contributed by atoms with Gasteiger partial charge in [0.05, 0.1) is 26.1 Å². The van der Waals surface area contributed by atoms with Gasteiger partial charge < -0.3 is 14.7 Å². The fourth-order valence-corrected chi connectivity index (χ4v) is 5.06. The molecule has 0 aromatic heterocycles. The Morgan fingerprint density at radius 1 is 0.903 bits per heavy atom. The van der Waals surface area contributed by atoms with Gasteiger partial charge in [0.2, 0.25) is 5.91 Å². The molecule has 1 N–H and O–H groups in total. The van der Waals surface area contributed by atoms with Gasteiger partial charge in [-0.25, -0.2) is 0 Å². The van der Waals surface area contributed by atoms with Gasteiger partial charge >= 0.3 is 5.97 Å². The first-order valence-corrected chi connectivity index (χ1v) is 11.4. The number of benzene rings is 2. The Labute approximate surface area is 184 Å². The normalized spacial score (nSPS) is 17.5. The Bertz CT molecular complexity index is 913. The molecule has 5 heteroatoms. The maximum absolute atomic E-state index is 13.1. The van der Waals surface area contributed by atoms with E-state index in [2.05, 4.69) is 12.1 Å². The minimum atomic E-state index is -0.812. The number of carbonyl (C=O) groups is 2. The van der Waals surface area contributed by atoms with Crippen molar-refractivity contribution in [3.8, 4) is 11.1 Å². The number of carbonyl (C=O) groups excluding carboxylic acids is 1. The summed E-state index contributed by atoms with van der Waals surface area (Å²) in [6.07, 6.45) is 6.08. The Morgan fingerprint density at radius 3 is 2.26 bits per heavy atom. The average Bonchev–Trinajstić information content (AvgIpc) is 2.81. The van der Waals surface area contributed by atoms with Crippen LogP contribution in [0.2, 0.25) is 0 Å².